The lowest BCUT2D eigenvalue weighted by Crippen LogP contribution is -2.18. The highest BCUT2D eigenvalue weighted by Gasteiger charge is 2.04. The molecule has 0 bridgehead atoms. The van der Waals surface area contributed by atoms with E-state index in [9.17, 15) is 4.79 Å². The number of hydrogen-bond donors (Lipinski definition) is 2. The van der Waals surface area contributed by atoms with Crippen molar-refractivity contribution < 1.29 is 4.79 Å². The summed E-state index contributed by atoms with van der Waals surface area (Å²) in [6.07, 6.45) is 3.02. The number of nitrogens with two attached hydrogens (primary N) is 1. The fourth-order valence-corrected chi connectivity index (χ4v) is 2.53. The van der Waals surface area contributed by atoms with Crippen molar-refractivity contribution in [3.63, 3.8) is 0 Å². The van der Waals surface area contributed by atoms with Crippen LogP contribution in [0.25, 0.3) is 0 Å². The second-order valence-corrected chi connectivity index (χ2v) is 6.10. The van der Waals surface area contributed by atoms with Crippen LogP contribution in [0.5, 0.6) is 0 Å². The van der Waals surface area contributed by atoms with Crippen LogP contribution in [0.15, 0.2) is 78.0 Å². The molecular formula is C21H21N5O. The number of benzene rings is 2. The van der Waals surface area contributed by atoms with Crippen LogP contribution < -0.4 is 16.1 Å². The van der Waals surface area contributed by atoms with Crippen molar-refractivity contribution >= 4 is 23.6 Å². The standard InChI is InChI=1S/C21H21N5O/c1-26(15-17-5-3-2-4-6-17)19-10-7-16(8-11-19)13-24-25-21(27)18-9-12-20(22)23-14-18/h2-14H,15H2,1H3,(H2,22,23)(H,25,27)/b24-13+. The zero-order valence-electron chi connectivity index (χ0n) is 15.0. The molecule has 27 heavy (non-hydrogen) atoms. The van der Waals surface area contributed by atoms with Gasteiger partial charge in [0.1, 0.15) is 5.82 Å². The molecular weight excluding hydrogens is 338 g/mol. The fraction of sp³-hybridized carbons (Fsp3) is 0.0952. The molecule has 3 rings (SSSR count). The second kappa shape index (κ2) is 8.62. The number of carbonyl (C=O) groups is 1. The molecule has 6 nitrogen and oxygen atoms in total. The maximum absolute atomic E-state index is 12.0. The van der Waals surface area contributed by atoms with Crippen molar-refractivity contribution in [2.24, 2.45) is 5.10 Å². The molecule has 1 aromatic heterocycles. The number of nitrogens with one attached hydrogen (secondary N) is 1. The molecule has 1 amide bonds. The van der Waals surface area contributed by atoms with Gasteiger partial charge >= 0.3 is 0 Å². The van der Waals surface area contributed by atoms with Gasteiger partial charge in [-0.25, -0.2) is 10.4 Å². The first-order valence-electron chi connectivity index (χ1n) is 8.52. The third-order valence-corrected chi connectivity index (χ3v) is 4.02. The first-order valence-corrected chi connectivity index (χ1v) is 8.52. The van der Waals surface area contributed by atoms with Gasteiger partial charge < -0.3 is 10.6 Å². The van der Waals surface area contributed by atoms with E-state index < -0.39 is 0 Å². The average molecular weight is 359 g/mol. The number of carbonyl (C=O) groups excluding carboxylic acids is 1. The summed E-state index contributed by atoms with van der Waals surface area (Å²) in [6, 6.07) is 21.4. The second-order valence-electron chi connectivity index (χ2n) is 6.10. The van der Waals surface area contributed by atoms with Gasteiger partial charge in [-0.05, 0) is 35.4 Å². The van der Waals surface area contributed by atoms with E-state index in [1.165, 1.54) is 11.8 Å². The van der Waals surface area contributed by atoms with Crippen LogP contribution in [0.4, 0.5) is 11.5 Å². The molecule has 0 aliphatic carbocycles. The predicted octanol–water partition coefficient (Wildman–Crippen LogP) is 3.06. The number of pyridine rings is 1. The molecule has 0 radical (unpaired) electrons. The van der Waals surface area contributed by atoms with E-state index in [-0.39, 0.29) is 5.91 Å². The zero-order chi connectivity index (χ0) is 19.1. The Morgan fingerprint density at radius 3 is 2.52 bits per heavy atom. The number of nitrogen functional groups attached to an aromatic ring is 1. The Kier molecular flexibility index (Phi) is 5.79. The van der Waals surface area contributed by atoms with Gasteiger partial charge in [0.05, 0.1) is 11.8 Å². The van der Waals surface area contributed by atoms with E-state index in [1.54, 1.807) is 18.3 Å². The van der Waals surface area contributed by atoms with Gasteiger partial charge in [0.15, 0.2) is 0 Å². The molecule has 136 valence electrons. The lowest BCUT2D eigenvalue weighted by Gasteiger charge is -2.19. The molecule has 0 saturated heterocycles. The normalized spacial score (nSPS) is 10.7. The van der Waals surface area contributed by atoms with Gasteiger partial charge in [0.2, 0.25) is 0 Å². The van der Waals surface area contributed by atoms with Crippen LogP contribution in [0.2, 0.25) is 0 Å². The Morgan fingerprint density at radius 1 is 1.11 bits per heavy atom. The molecule has 6 heteroatoms. The molecule has 0 unspecified atom stereocenters. The number of anilines is 2. The Labute approximate surface area is 158 Å². The van der Waals surface area contributed by atoms with E-state index in [0.717, 1.165) is 17.8 Å². The van der Waals surface area contributed by atoms with Gasteiger partial charge in [-0.1, -0.05) is 42.5 Å². The minimum absolute atomic E-state index is 0.335. The third kappa shape index (κ3) is 5.15. The average Bonchev–Trinajstić information content (AvgIpc) is 2.69. The highest BCUT2D eigenvalue weighted by molar-refractivity contribution is 5.94. The SMILES string of the molecule is CN(Cc1ccccc1)c1ccc(/C=N/NC(=O)c2ccc(N)nc2)cc1. The molecule has 0 atom stereocenters. The lowest BCUT2D eigenvalue weighted by molar-refractivity contribution is 0.0955. The summed E-state index contributed by atoms with van der Waals surface area (Å²) in [6.45, 7) is 0.833. The van der Waals surface area contributed by atoms with Crippen molar-refractivity contribution in [2.75, 3.05) is 17.7 Å². The Bertz CT molecular complexity index is 906. The van der Waals surface area contributed by atoms with Gasteiger partial charge in [0, 0.05) is 25.5 Å². The first-order chi connectivity index (χ1) is 13.1. The van der Waals surface area contributed by atoms with Gasteiger partial charge in [0.25, 0.3) is 5.91 Å². The molecule has 0 saturated carbocycles. The van der Waals surface area contributed by atoms with Crippen LogP contribution in [0.3, 0.4) is 0 Å². The first kappa shape index (κ1) is 18.1. The minimum Gasteiger partial charge on any atom is -0.384 e. The maximum atomic E-state index is 12.0. The molecule has 0 aliphatic rings. The summed E-state index contributed by atoms with van der Waals surface area (Å²) in [5.74, 6) is 0.0327. The smallest absolute Gasteiger partial charge is 0.272 e. The van der Waals surface area contributed by atoms with E-state index in [1.807, 2.05) is 42.5 Å². The van der Waals surface area contributed by atoms with Crippen molar-refractivity contribution in [2.45, 2.75) is 6.54 Å². The van der Waals surface area contributed by atoms with E-state index in [0.29, 0.717) is 11.4 Å². The highest BCUT2D eigenvalue weighted by Crippen LogP contribution is 2.16. The lowest BCUT2D eigenvalue weighted by atomic mass is 10.2. The predicted molar refractivity (Wildman–Crippen MR) is 109 cm³/mol. The fourth-order valence-electron chi connectivity index (χ4n) is 2.53. The quantitative estimate of drug-likeness (QED) is 0.523. The Balaban J connectivity index is 1.56. The summed E-state index contributed by atoms with van der Waals surface area (Å²) >= 11 is 0. The number of aromatic nitrogens is 1. The summed E-state index contributed by atoms with van der Waals surface area (Å²) < 4.78 is 0. The van der Waals surface area contributed by atoms with Crippen molar-refractivity contribution in [1.29, 1.82) is 0 Å². The number of hydrogen-bond acceptors (Lipinski definition) is 5. The van der Waals surface area contributed by atoms with E-state index in [2.05, 4.69) is 39.6 Å². The number of amides is 1. The molecule has 0 fully saturated rings. The zero-order valence-corrected chi connectivity index (χ0v) is 15.0. The largest absolute Gasteiger partial charge is 0.384 e. The summed E-state index contributed by atoms with van der Waals surface area (Å²) in [5, 5.41) is 3.99. The van der Waals surface area contributed by atoms with E-state index >= 15 is 0 Å². The van der Waals surface area contributed by atoms with E-state index in [4.69, 9.17) is 5.73 Å². The topological polar surface area (TPSA) is 83.6 Å². The number of nitrogens with zero attached hydrogens (tertiary/aromatic N) is 3. The Hall–Kier alpha value is -3.67. The molecule has 3 aromatic rings. The van der Waals surface area contributed by atoms with Crippen LogP contribution in [0, 0.1) is 0 Å². The van der Waals surface area contributed by atoms with Crippen molar-refractivity contribution in [3.05, 3.63) is 89.6 Å². The van der Waals surface area contributed by atoms with Crippen LogP contribution in [0.1, 0.15) is 21.5 Å². The monoisotopic (exact) mass is 359 g/mol. The van der Waals surface area contributed by atoms with Gasteiger partial charge in [-0.3, -0.25) is 4.79 Å². The maximum Gasteiger partial charge on any atom is 0.272 e. The summed E-state index contributed by atoms with van der Waals surface area (Å²) in [7, 11) is 2.05. The third-order valence-electron chi connectivity index (χ3n) is 4.02. The summed E-state index contributed by atoms with van der Waals surface area (Å²) in [5.41, 5.74) is 11.6. The number of hydrazone groups is 1. The van der Waals surface area contributed by atoms with Crippen LogP contribution in [-0.4, -0.2) is 24.2 Å². The van der Waals surface area contributed by atoms with Crippen molar-refractivity contribution in [1.82, 2.24) is 10.4 Å². The number of rotatable bonds is 6. The van der Waals surface area contributed by atoms with Crippen molar-refractivity contribution in [3.8, 4) is 0 Å². The van der Waals surface area contributed by atoms with Gasteiger partial charge in [-0.2, -0.15) is 5.10 Å². The highest BCUT2D eigenvalue weighted by atomic mass is 16.2. The Morgan fingerprint density at radius 2 is 1.85 bits per heavy atom. The summed E-state index contributed by atoms with van der Waals surface area (Å²) in [4.78, 5) is 18.0. The van der Waals surface area contributed by atoms with Crippen LogP contribution >= 0.6 is 0 Å². The molecule has 0 aliphatic heterocycles. The molecule has 1 heterocycles. The molecule has 3 N–H and O–H groups in total. The van der Waals surface area contributed by atoms with Gasteiger partial charge in [-0.15, -0.1) is 0 Å². The minimum atomic E-state index is -0.335. The molecule has 0 spiro atoms. The molecule has 2 aromatic carbocycles. The van der Waals surface area contributed by atoms with Crippen LogP contribution in [-0.2, 0) is 6.54 Å².